The van der Waals surface area contributed by atoms with Crippen molar-refractivity contribution in [2.45, 2.75) is 11.3 Å². The molecule has 1 aromatic rings. The second-order valence-corrected chi connectivity index (χ2v) is 4.48. The van der Waals surface area contributed by atoms with Crippen molar-refractivity contribution >= 4 is 21.6 Å². The highest BCUT2D eigenvalue weighted by Gasteiger charge is 2.21. The molecule has 0 amide bonds. The summed E-state index contributed by atoms with van der Waals surface area (Å²) in [5.74, 6) is 0. The van der Waals surface area contributed by atoms with Gasteiger partial charge >= 0.3 is 0 Å². The molecule has 0 aliphatic heterocycles. The number of primary sulfonamides is 1. The molecule has 0 saturated heterocycles. The number of aromatic amines is 1. The lowest BCUT2D eigenvalue weighted by Gasteiger charge is -2.03. The topological polar surface area (TPSA) is 93.0 Å². The molecule has 3 N–H and O–H groups in total. The maximum atomic E-state index is 12.1. The summed E-state index contributed by atoms with van der Waals surface area (Å²) in [5, 5.41) is 4.04. The largest absolute Gasteiger partial charge is 0.320 e. The number of aromatic nitrogens is 1. The van der Waals surface area contributed by atoms with E-state index in [1.54, 1.807) is 4.98 Å². The molecule has 0 atom stereocenters. The summed E-state index contributed by atoms with van der Waals surface area (Å²) in [6.45, 7) is 0. The normalized spacial score (nSPS) is 12.1. The van der Waals surface area contributed by atoms with Crippen LogP contribution in [0, 0.1) is 0 Å². The van der Waals surface area contributed by atoms with Crippen molar-refractivity contribution in [3.05, 3.63) is 27.1 Å². The van der Waals surface area contributed by atoms with Gasteiger partial charge in [0.2, 0.25) is 10.0 Å². The Hall–Kier alpha value is -0.990. The summed E-state index contributed by atoms with van der Waals surface area (Å²) < 4.78 is 46.0. The number of H-pyrrole nitrogens is 1. The molecule has 0 aliphatic rings. The van der Waals surface area contributed by atoms with E-state index in [1.807, 2.05) is 0 Å². The molecule has 0 aromatic carbocycles. The molecular weight excluding hydrogens is 254 g/mol. The fourth-order valence-corrected chi connectivity index (χ4v) is 2.08. The Balaban J connectivity index is 3.56. The number of halogens is 3. The van der Waals surface area contributed by atoms with Crippen LogP contribution in [0.1, 0.15) is 12.1 Å². The quantitative estimate of drug-likeness (QED) is 0.814. The minimum Gasteiger partial charge on any atom is -0.320 e. The Morgan fingerprint density at radius 2 is 2.00 bits per heavy atom. The van der Waals surface area contributed by atoms with Crippen molar-refractivity contribution in [2.24, 2.45) is 5.14 Å². The zero-order chi connectivity index (χ0) is 11.8. The van der Waals surface area contributed by atoms with Gasteiger partial charge in [0.05, 0.1) is 10.7 Å². The van der Waals surface area contributed by atoms with E-state index in [0.29, 0.717) is 6.07 Å². The minimum absolute atomic E-state index is 0.628. The van der Waals surface area contributed by atoms with Gasteiger partial charge in [0.15, 0.2) is 4.90 Å². The average molecular weight is 259 g/mol. The van der Waals surface area contributed by atoms with Gasteiger partial charge in [-0.1, -0.05) is 11.6 Å². The van der Waals surface area contributed by atoms with Crippen LogP contribution in [-0.4, -0.2) is 13.4 Å². The van der Waals surface area contributed by atoms with Crippen LogP contribution in [0.5, 0.6) is 0 Å². The summed E-state index contributed by atoms with van der Waals surface area (Å²) in [6.07, 6.45) is -2.95. The van der Waals surface area contributed by atoms with Gasteiger partial charge in [-0.25, -0.2) is 22.3 Å². The highest BCUT2D eigenvalue weighted by atomic mass is 35.5. The molecule has 0 saturated carbocycles. The Morgan fingerprint density at radius 1 is 1.47 bits per heavy atom. The summed E-state index contributed by atoms with van der Waals surface area (Å²) in [7, 11) is -4.33. The molecule has 1 rings (SSSR count). The smallest absolute Gasteiger partial charge is 0.278 e. The van der Waals surface area contributed by atoms with E-state index in [2.05, 4.69) is 5.14 Å². The van der Waals surface area contributed by atoms with Crippen LogP contribution in [0.25, 0.3) is 0 Å². The number of alkyl halides is 2. The molecule has 0 bridgehead atoms. The fourth-order valence-electron chi connectivity index (χ4n) is 0.917. The van der Waals surface area contributed by atoms with Crippen LogP contribution in [0.4, 0.5) is 8.78 Å². The molecule has 0 fully saturated rings. The van der Waals surface area contributed by atoms with Gasteiger partial charge in [-0.2, -0.15) is 0 Å². The number of pyridine rings is 1. The molecule has 0 radical (unpaired) electrons. The monoisotopic (exact) mass is 258 g/mol. The number of rotatable bonds is 2. The SMILES string of the molecule is NS(=O)(=O)c1c(Cl)cc(C(F)F)[nH]c1=O. The maximum absolute atomic E-state index is 12.1. The third-order valence-corrected chi connectivity index (χ3v) is 2.87. The summed E-state index contributed by atoms with van der Waals surface area (Å²) in [5.41, 5.74) is -2.03. The lowest BCUT2D eigenvalue weighted by atomic mass is 10.3. The van der Waals surface area contributed by atoms with Crippen molar-refractivity contribution < 1.29 is 17.2 Å². The molecule has 0 unspecified atom stereocenters. The van der Waals surface area contributed by atoms with Crippen molar-refractivity contribution in [3.8, 4) is 0 Å². The van der Waals surface area contributed by atoms with Crippen LogP contribution >= 0.6 is 11.6 Å². The zero-order valence-corrected chi connectivity index (χ0v) is 8.57. The molecule has 84 valence electrons. The molecule has 5 nitrogen and oxygen atoms in total. The van der Waals surface area contributed by atoms with E-state index in [1.165, 1.54) is 0 Å². The number of hydrogen-bond donors (Lipinski definition) is 2. The third-order valence-electron chi connectivity index (χ3n) is 1.48. The second-order valence-electron chi connectivity index (χ2n) is 2.58. The van der Waals surface area contributed by atoms with E-state index >= 15 is 0 Å². The Labute approximate surface area is 87.9 Å². The Kier molecular flexibility index (Phi) is 3.12. The fraction of sp³-hybridized carbons (Fsp3) is 0.167. The first kappa shape index (κ1) is 12.1. The van der Waals surface area contributed by atoms with Crippen LogP contribution in [0.3, 0.4) is 0 Å². The Morgan fingerprint density at radius 3 is 2.33 bits per heavy atom. The van der Waals surface area contributed by atoms with Crippen molar-refractivity contribution in [3.63, 3.8) is 0 Å². The van der Waals surface area contributed by atoms with Gasteiger partial charge < -0.3 is 4.98 Å². The minimum atomic E-state index is -4.33. The first-order valence-electron chi connectivity index (χ1n) is 3.47. The highest BCUT2D eigenvalue weighted by molar-refractivity contribution is 7.89. The second kappa shape index (κ2) is 3.87. The maximum Gasteiger partial charge on any atom is 0.278 e. The predicted molar refractivity (Wildman–Crippen MR) is 48.4 cm³/mol. The van der Waals surface area contributed by atoms with E-state index in [4.69, 9.17) is 11.6 Å². The molecule has 15 heavy (non-hydrogen) atoms. The third kappa shape index (κ3) is 2.52. The van der Waals surface area contributed by atoms with Crippen LogP contribution < -0.4 is 10.7 Å². The summed E-state index contributed by atoms with van der Waals surface area (Å²) in [6, 6.07) is 0.646. The predicted octanol–water partition coefficient (Wildman–Crippen LogP) is 0.613. The van der Waals surface area contributed by atoms with E-state index in [0.717, 1.165) is 0 Å². The molecule has 0 aliphatic carbocycles. The molecule has 0 spiro atoms. The van der Waals surface area contributed by atoms with Gasteiger partial charge in [-0.3, -0.25) is 4.79 Å². The summed E-state index contributed by atoms with van der Waals surface area (Å²) in [4.78, 5) is 11.8. The van der Waals surface area contributed by atoms with Crippen molar-refractivity contribution in [2.75, 3.05) is 0 Å². The molecule has 1 aromatic heterocycles. The first-order chi connectivity index (χ1) is 6.73. The highest BCUT2D eigenvalue weighted by Crippen LogP contribution is 2.22. The van der Waals surface area contributed by atoms with Crippen molar-refractivity contribution in [1.29, 1.82) is 0 Å². The van der Waals surface area contributed by atoms with Crippen LogP contribution in [-0.2, 0) is 10.0 Å². The molecular formula is C6H5ClF2N2O3S. The van der Waals surface area contributed by atoms with Crippen molar-refractivity contribution in [1.82, 2.24) is 4.98 Å². The lowest BCUT2D eigenvalue weighted by Crippen LogP contribution is -2.24. The van der Waals surface area contributed by atoms with Crippen LogP contribution in [0.2, 0.25) is 5.02 Å². The lowest BCUT2D eigenvalue weighted by molar-refractivity contribution is 0.145. The molecule has 9 heteroatoms. The molecule has 1 heterocycles. The number of nitrogens with two attached hydrogens (primary N) is 1. The van der Waals surface area contributed by atoms with Gasteiger partial charge in [0.1, 0.15) is 0 Å². The van der Waals surface area contributed by atoms with E-state index in [9.17, 15) is 22.0 Å². The first-order valence-corrected chi connectivity index (χ1v) is 5.39. The number of nitrogens with one attached hydrogen (secondary N) is 1. The Bertz CT molecular complexity index is 540. The van der Waals surface area contributed by atoms with Gasteiger partial charge in [-0.05, 0) is 6.07 Å². The van der Waals surface area contributed by atoms with Gasteiger partial charge in [-0.15, -0.1) is 0 Å². The zero-order valence-electron chi connectivity index (χ0n) is 7.00. The number of sulfonamides is 1. The summed E-state index contributed by atoms with van der Waals surface area (Å²) >= 11 is 5.35. The van der Waals surface area contributed by atoms with Gasteiger partial charge in [0.25, 0.3) is 12.0 Å². The number of hydrogen-bond acceptors (Lipinski definition) is 3. The average Bonchev–Trinajstić information content (AvgIpc) is 1.99. The van der Waals surface area contributed by atoms with E-state index < -0.39 is 37.6 Å². The van der Waals surface area contributed by atoms with Crippen LogP contribution in [0.15, 0.2) is 15.8 Å². The standard InChI is InChI=1S/C6H5ClF2N2O3S/c7-2-1-3(5(8)9)11-6(12)4(2)15(10,13)14/h1,5H,(H,11,12)(H2,10,13,14). The van der Waals surface area contributed by atoms with E-state index in [-0.39, 0.29) is 0 Å². The van der Waals surface area contributed by atoms with Gasteiger partial charge in [0, 0.05) is 0 Å².